The van der Waals surface area contributed by atoms with E-state index in [1.54, 1.807) is 0 Å². The molecule has 0 saturated carbocycles. The molecule has 5 aliphatic heterocycles. The van der Waals surface area contributed by atoms with Gasteiger partial charge in [-0.2, -0.15) is 0 Å². The first kappa shape index (κ1) is 47.5. The number of likely N-dealkylation sites (N-methyl/N-ethyl adjacent to an activating group) is 1. The van der Waals surface area contributed by atoms with Crippen molar-refractivity contribution in [1.29, 1.82) is 0 Å². The standard InChI is InChI=1S/C44H36N8.5ClH.Mn/c1-49-25-9-5-13-37(49)41-29-17-19-31(45-29)42(38-14-6-10-26-50(38)2)33-21-23-35(47-33)44(40-16-8-12-28-52(40)4)36-24-22-34(48-36)43(32-20-18-30(41)46-32)39-15-7-11-27-51(39)3;;;;;;/h5-28H,1-4H3;5*1H;/q+2;;;;;;+3/p-5. The van der Waals surface area contributed by atoms with E-state index >= 15 is 0 Å². The van der Waals surface area contributed by atoms with Crippen molar-refractivity contribution in [1.82, 2.24) is 9.88 Å². The van der Waals surface area contributed by atoms with Crippen LogP contribution in [0.2, 0.25) is 0 Å². The Hall–Kier alpha value is -4.83. The number of aromatic nitrogens is 4. The van der Waals surface area contributed by atoms with Gasteiger partial charge in [-0.05, 0) is 66.8 Å². The summed E-state index contributed by atoms with van der Waals surface area (Å²) >= 11 is 0. The Bertz CT molecular complexity index is 2640. The van der Waals surface area contributed by atoms with Gasteiger partial charge in [-0.25, -0.2) is 28.7 Å². The number of halogens is 5. The van der Waals surface area contributed by atoms with E-state index in [0.29, 0.717) is 0 Å². The molecule has 4 aromatic rings. The van der Waals surface area contributed by atoms with Gasteiger partial charge >= 0.3 is 17.1 Å². The number of pyridine rings is 3. The Morgan fingerprint density at radius 1 is 0.466 bits per heavy atom. The first-order valence-corrected chi connectivity index (χ1v) is 17.3. The first-order valence-electron chi connectivity index (χ1n) is 17.3. The number of hydrogen-bond acceptors (Lipinski definition) is 4. The maximum absolute atomic E-state index is 5.38. The maximum atomic E-state index is 5.38. The summed E-state index contributed by atoms with van der Waals surface area (Å²) < 4.78 is 6.37. The van der Waals surface area contributed by atoms with Crippen molar-refractivity contribution in [3.63, 3.8) is 0 Å². The molecule has 0 saturated heterocycles. The third-order valence-corrected chi connectivity index (χ3v) is 9.85. The molecule has 0 aliphatic carbocycles. The Morgan fingerprint density at radius 3 is 1.28 bits per heavy atom. The summed E-state index contributed by atoms with van der Waals surface area (Å²) in [7, 11) is 8.24. The van der Waals surface area contributed by atoms with Crippen LogP contribution in [0, 0.1) is 0 Å². The molecule has 0 atom stereocenters. The second-order valence-electron chi connectivity index (χ2n) is 13.1. The summed E-state index contributed by atoms with van der Waals surface area (Å²) in [6.07, 6.45) is 27.1. The summed E-state index contributed by atoms with van der Waals surface area (Å²) in [5.74, 6) is 0. The molecule has 294 valence electrons. The van der Waals surface area contributed by atoms with Crippen LogP contribution in [0.1, 0.15) is 28.5 Å². The van der Waals surface area contributed by atoms with Gasteiger partial charge in [0.1, 0.15) is 21.1 Å². The number of nitrogens with zero attached hydrogens (tertiary/aromatic N) is 8. The van der Waals surface area contributed by atoms with E-state index in [-0.39, 0.29) is 79.1 Å². The monoisotopic (exact) mass is 906 g/mol. The topological polar surface area (TPSA) is 66.1 Å². The summed E-state index contributed by atoms with van der Waals surface area (Å²) in [6, 6.07) is 22.9. The molecule has 0 amide bonds. The predicted octanol–water partition coefficient (Wildman–Crippen LogP) is -9.62. The number of hydrogen-bond donors (Lipinski definition) is 0. The predicted molar refractivity (Wildman–Crippen MR) is 204 cm³/mol. The van der Waals surface area contributed by atoms with E-state index in [9.17, 15) is 0 Å². The largest absolute Gasteiger partial charge is 3.00 e. The molecule has 8 nitrogen and oxygen atoms in total. The number of aliphatic imine (C=N–C) groups is 3. The molecule has 4 aromatic heterocycles. The van der Waals surface area contributed by atoms with E-state index in [4.69, 9.17) is 20.0 Å². The zero-order valence-electron chi connectivity index (χ0n) is 31.7. The summed E-state index contributed by atoms with van der Waals surface area (Å²) in [5.41, 5.74) is 14.5. The van der Waals surface area contributed by atoms with Crippen molar-refractivity contribution >= 4 is 33.9 Å². The average molecular weight is 909 g/mol. The van der Waals surface area contributed by atoms with Crippen molar-refractivity contribution in [3.8, 4) is 0 Å². The fraction of sp³-hybridized carbons (Fsp3) is 0.0909. The maximum Gasteiger partial charge on any atom is 3.00 e. The Kier molecular flexibility index (Phi) is 16.2. The van der Waals surface area contributed by atoms with Crippen LogP contribution in [0.3, 0.4) is 0 Å². The fourth-order valence-electron chi connectivity index (χ4n) is 7.27. The molecule has 0 fully saturated rings. The Balaban J connectivity index is 0.00000150. The van der Waals surface area contributed by atoms with Crippen molar-refractivity contribution in [2.75, 3.05) is 7.05 Å². The van der Waals surface area contributed by atoms with Crippen molar-refractivity contribution in [2.24, 2.45) is 36.1 Å². The molecule has 0 radical (unpaired) electrons. The number of aryl methyl sites for hydroxylation is 3. The van der Waals surface area contributed by atoms with Crippen molar-refractivity contribution in [3.05, 3.63) is 203 Å². The third-order valence-electron chi connectivity index (χ3n) is 9.85. The van der Waals surface area contributed by atoms with Gasteiger partial charge in [0.25, 0.3) is 0 Å². The van der Waals surface area contributed by atoms with Gasteiger partial charge in [0.05, 0.1) is 56.6 Å². The van der Waals surface area contributed by atoms with Crippen LogP contribution in [-0.2, 0) is 38.2 Å². The van der Waals surface area contributed by atoms with Gasteiger partial charge in [-0.15, -0.1) is 11.4 Å². The van der Waals surface area contributed by atoms with E-state index in [2.05, 4.69) is 169 Å². The molecule has 0 spiro atoms. The minimum atomic E-state index is 0. The van der Waals surface area contributed by atoms with Gasteiger partial charge in [-0.1, -0.05) is 18.2 Å². The zero-order chi connectivity index (χ0) is 35.3. The minimum Gasteiger partial charge on any atom is -1.00 e. The fourth-order valence-corrected chi connectivity index (χ4v) is 7.27. The summed E-state index contributed by atoms with van der Waals surface area (Å²) in [4.78, 5) is 23.7. The van der Waals surface area contributed by atoms with Gasteiger partial charge < -0.3 is 71.9 Å². The molecule has 9 heterocycles. The molecule has 14 heteroatoms. The molecule has 8 bridgehead atoms. The van der Waals surface area contributed by atoms with E-state index in [1.165, 1.54) is 0 Å². The quantitative estimate of drug-likeness (QED) is 0.152. The third kappa shape index (κ3) is 8.49. The molecule has 58 heavy (non-hydrogen) atoms. The second kappa shape index (κ2) is 19.7. The Labute approximate surface area is 380 Å². The molecule has 5 aliphatic rings. The average Bonchev–Trinajstić information content (AvgIpc) is 3.99. The Morgan fingerprint density at radius 2 is 0.862 bits per heavy atom. The van der Waals surface area contributed by atoms with E-state index in [0.717, 1.165) is 90.7 Å². The van der Waals surface area contributed by atoms with Crippen molar-refractivity contribution < 1.29 is 92.8 Å². The number of rotatable bonds is 3. The van der Waals surface area contributed by atoms with Crippen LogP contribution in [0.5, 0.6) is 0 Å². The van der Waals surface area contributed by atoms with Crippen molar-refractivity contribution in [2.45, 2.75) is 0 Å². The molecular formula is C44H36Cl5MnN8. The van der Waals surface area contributed by atoms with Gasteiger partial charge in [0.2, 0.25) is 17.1 Å². The summed E-state index contributed by atoms with van der Waals surface area (Å²) in [6.45, 7) is 0. The van der Waals surface area contributed by atoms with Crippen LogP contribution in [0.15, 0.2) is 190 Å². The molecular weight excluding hydrogens is 873 g/mol. The minimum absolute atomic E-state index is 0. The van der Waals surface area contributed by atoms with Crippen LogP contribution in [0.4, 0.5) is 0 Å². The van der Waals surface area contributed by atoms with Crippen LogP contribution >= 0.6 is 0 Å². The van der Waals surface area contributed by atoms with Crippen LogP contribution < -0.4 is 80.7 Å². The van der Waals surface area contributed by atoms with E-state index in [1.807, 2.05) is 24.3 Å². The zero-order valence-corrected chi connectivity index (χ0v) is 36.7. The SMILES string of the molecule is CN1C=CC=C/C1=C1\C2=NC(=C(c3cccc[n+]3C)C3=NC(=C(c4cccc[n+]4C)c4ccc([n-]4)C(c4cccc[n+]4C)=C4C=CC1=N4)C=C3)C=C2.[Cl-].[Cl-].[Cl-].[Cl-].[Cl-].[Mn+3]. The van der Waals surface area contributed by atoms with Crippen LogP contribution in [0.25, 0.3) is 16.7 Å². The molecule has 0 N–H and O–H groups in total. The van der Waals surface area contributed by atoms with Gasteiger partial charge in [-0.3, -0.25) is 0 Å². The smallest absolute Gasteiger partial charge is 1.00 e. The van der Waals surface area contributed by atoms with Gasteiger partial charge in [0, 0.05) is 55.2 Å². The van der Waals surface area contributed by atoms with Gasteiger partial charge in [0.15, 0.2) is 18.6 Å². The molecule has 9 rings (SSSR count). The molecule has 0 aromatic carbocycles. The number of fused-ring (bicyclic) bond motifs is 5. The molecule has 0 unspecified atom stereocenters. The van der Waals surface area contributed by atoms with Crippen LogP contribution in [-0.4, -0.2) is 29.1 Å². The summed E-state index contributed by atoms with van der Waals surface area (Å²) in [5, 5.41) is 0. The number of allylic oxidation sites excluding steroid dienone is 11. The van der Waals surface area contributed by atoms with E-state index < -0.39 is 0 Å². The normalized spacial score (nSPS) is 17.0. The first-order chi connectivity index (χ1) is 25.4. The second-order valence-corrected chi connectivity index (χ2v) is 13.1.